The molecule has 1 heterocycles. The lowest BCUT2D eigenvalue weighted by Gasteiger charge is -2.27. The second kappa shape index (κ2) is 6.59. The Bertz CT molecular complexity index is 274. The number of nitrogens with zero attached hydrogens (tertiary/aromatic N) is 1. The molecule has 0 aliphatic carbocycles. The van der Waals surface area contributed by atoms with Gasteiger partial charge in [0.15, 0.2) is 0 Å². The van der Waals surface area contributed by atoms with Crippen molar-refractivity contribution >= 4 is 11.9 Å². The molecule has 0 aromatic heterocycles. The fourth-order valence-corrected chi connectivity index (χ4v) is 2.10. The average molecular weight is 243 g/mol. The number of aliphatic carboxylic acids is 1. The maximum absolute atomic E-state index is 11.9. The number of hydrogen-bond donors (Lipinski definition) is 1. The second-order valence-electron chi connectivity index (χ2n) is 4.46. The Hall–Kier alpha value is -1.10. The van der Waals surface area contributed by atoms with Gasteiger partial charge in [0.1, 0.15) is 6.04 Å². The van der Waals surface area contributed by atoms with Gasteiger partial charge in [-0.1, -0.05) is 6.92 Å². The molecule has 0 saturated carbocycles. The molecule has 1 aliphatic rings. The Morgan fingerprint density at radius 1 is 1.47 bits per heavy atom. The molecule has 0 spiro atoms. The van der Waals surface area contributed by atoms with Crippen LogP contribution in [0.2, 0.25) is 0 Å². The van der Waals surface area contributed by atoms with Crippen LogP contribution in [0.5, 0.6) is 0 Å². The number of rotatable bonds is 5. The van der Waals surface area contributed by atoms with Crippen LogP contribution in [-0.2, 0) is 14.3 Å². The predicted octanol–water partition coefficient (Wildman–Crippen LogP) is 1.27. The van der Waals surface area contributed by atoms with Crippen LogP contribution in [-0.4, -0.2) is 47.7 Å². The zero-order chi connectivity index (χ0) is 12.8. The lowest BCUT2D eigenvalue weighted by atomic mass is 10.1. The highest BCUT2D eigenvalue weighted by atomic mass is 16.5. The first kappa shape index (κ1) is 14.0. The molecule has 0 aromatic carbocycles. The maximum atomic E-state index is 11.9. The first-order chi connectivity index (χ1) is 8.06. The van der Waals surface area contributed by atoms with E-state index < -0.39 is 12.0 Å². The van der Waals surface area contributed by atoms with Crippen molar-refractivity contribution in [2.45, 2.75) is 51.2 Å². The van der Waals surface area contributed by atoms with Gasteiger partial charge in [-0.25, -0.2) is 4.79 Å². The van der Waals surface area contributed by atoms with Crippen LogP contribution in [0.25, 0.3) is 0 Å². The van der Waals surface area contributed by atoms with E-state index in [1.165, 1.54) is 4.90 Å². The number of carbonyl (C=O) groups excluding carboxylic acids is 1. The summed E-state index contributed by atoms with van der Waals surface area (Å²) in [7, 11) is 1.55. The highest BCUT2D eigenvalue weighted by Crippen LogP contribution is 2.17. The molecule has 2 unspecified atom stereocenters. The summed E-state index contributed by atoms with van der Waals surface area (Å²) in [6, 6.07) is -0.730. The minimum atomic E-state index is -0.951. The van der Waals surface area contributed by atoms with Crippen LogP contribution in [0.3, 0.4) is 0 Å². The van der Waals surface area contributed by atoms with E-state index in [2.05, 4.69) is 0 Å². The third-order valence-corrected chi connectivity index (χ3v) is 3.21. The van der Waals surface area contributed by atoms with Gasteiger partial charge in [0.25, 0.3) is 0 Å². The van der Waals surface area contributed by atoms with Gasteiger partial charge in [-0.05, 0) is 25.7 Å². The monoisotopic (exact) mass is 243 g/mol. The molecule has 2 atom stereocenters. The smallest absolute Gasteiger partial charge is 0.326 e. The molecule has 0 aromatic rings. The summed E-state index contributed by atoms with van der Waals surface area (Å²) in [6.45, 7) is 2.47. The Morgan fingerprint density at radius 2 is 2.18 bits per heavy atom. The molecule has 5 heteroatoms. The number of amides is 1. The number of hydrogen-bond acceptors (Lipinski definition) is 3. The van der Waals surface area contributed by atoms with Gasteiger partial charge < -0.3 is 14.7 Å². The van der Waals surface area contributed by atoms with Crippen molar-refractivity contribution in [3.8, 4) is 0 Å². The predicted molar refractivity (Wildman–Crippen MR) is 62.7 cm³/mol. The van der Waals surface area contributed by atoms with Gasteiger partial charge >= 0.3 is 5.97 Å². The van der Waals surface area contributed by atoms with E-state index in [0.717, 1.165) is 19.3 Å². The average Bonchev–Trinajstić information content (AvgIpc) is 2.30. The Balaban J connectivity index is 2.47. The van der Waals surface area contributed by atoms with Crippen molar-refractivity contribution < 1.29 is 19.4 Å². The van der Waals surface area contributed by atoms with Crippen molar-refractivity contribution in [3.63, 3.8) is 0 Å². The largest absolute Gasteiger partial charge is 0.480 e. The number of carboxylic acids is 1. The molecule has 1 aliphatic heterocycles. The van der Waals surface area contributed by atoms with Gasteiger partial charge in [0.05, 0.1) is 12.5 Å². The lowest BCUT2D eigenvalue weighted by molar-refractivity contribution is -0.150. The van der Waals surface area contributed by atoms with Crippen LogP contribution in [0, 0.1) is 0 Å². The highest BCUT2D eigenvalue weighted by molar-refractivity contribution is 5.83. The molecular weight excluding hydrogens is 222 g/mol. The molecule has 1 amide bonds. The second-order valence-corrected chi connectivity index (χ2v) is 4.46. The van der Waals surface area contributed by atoms with E-state index >= 15 is 0 Å². The summed E-state index contributed by atoms with van der Waals surface area (Å²) in [5.74, 6) is -1.10. The summed E-state index contributed by atoms with van der Waals surface area (Å²) in [5, 5.41) is 8.97. The minimum absolute atomic E-state index is 0.0370. The van der Waals surface area contributed by atoms with Gasteiger partial charge in [0, 0.05) is 13.7 Å². The maximum Gasteiger partial charge on any atom is 0.326 e. The van der Waals surface area contributed by atoms with Gasteiger partial charge in [-0.3, -0.25) is 4.79 Å². The summed E-state index contributed by atoms with van der Waals surface area (Å²) in [6.07, 6.45) is 3.70. The van der Waals surface area contributed by atoms with Gasteiger partial charge in [-0.15, -0.1) is 0 Å². The first-order valence-electron chi connectivity index (χ1n) is 6.16. The van der Waals surface area contributed by atoms with Gasteiger partial charge in [0.2, 0.25) is 5.91 Å². The molecule has 1 rings (SSSR count). The first-order valence-corrected chi connectivity index (χ1v) is 6.16. The Morgan fingerprint density at radius 3 is 2.65 bits per heavy atom. The van der Waals surface area contributed by atoms with Crippen molar-refractivity contribution in [2.24, 2.45) is 0 Å². The molecule has 1 saturated heterocycles. The zero-order valence-corrected chi connectivity index (χ0v) is 10.5. The molecule has 5 nitrogen and oxygen atoms in total. The summed E-state index contributed by atoms with van der Waals surface area (Å²) >= 11 is 0. The van der Waals surface area contributed by atoms with Crippen LogP contribution >= 0.6 is 0 Å². The highest BCUT2D eigenvalue weighted by Gasteiger charge is 2.27. The normalized spacial score (nSPS) is 21.9. The third-order valence-electron chi connectivity index (χ3n) is 3.21. The quantitative estimate of drug-likeness (QED) is 0.789. The van der Waals surface area contributed by atoms with Crippen LogP contribution < -0.4 is 0 Å². The summed E-state index contributed by atoms with van der Waals surface area (Å²) in [5.41, 5.74) is 0. The molecule has 17 heavy (non-hydrogen) atoms. The fourth-order valence-electron chi connectivity index (χ4n) is 2.10. The lowest BCUT2D eigenvalue weighted by Crippen LogP contribution is -2.43. The molecule has 1 fully saturated rings. The molecule has 0 radical (unpaired) electrons. The van der Waals surface area contributed by atoms with E-state index in [9.17, 15) is 9.59 Å². The Labute approximate surface area is 102 Å². The van der Waals surface area contributed by atoms with E-state index in [4.69, 9.17) is 9.84 Å². The van der Waals surface area contributed by atoms with E-state index in [1.54, 1.807) is 14.0 Å². The number of carbonyl (C=O) groups is 2. The van der Waals surface area contributed by atoms with Crippen LogP contribution in [0.4, 0.5) is 0 Å². The topological polar surface area (TPSA) is 66.8 Å². The van der Waals surface area contributed by atoms with Crippen molar-refractivity contribution in [2.75, 3.05) is 13.7 Å². The van der Waals surface area contributed by atoms with Crippen molar-refractivity contribution in [1.29, 1.82) is 0 Å². The van der Waals surface area contributed by atoms with E-state index in [-0.39, 0.29) is 12.0 Å². The Kier molecular flexibility index (Phi) is 5.41. The van der Waals surface area contributed by atoms with Gasteiger partial charge in [-0.2, -0.15) is 0 Å². The van der Waals surface area contributed by atoms with Crippen molar-refractivity contribution in [1.82, 2.24) is 4.90 Å². The van der Waals surface area contributed by atoms with E-state index in [1.807, 2.05) is 0 Å². The SMILES string of the molecule is CCC(C(=O)O)N(C)C(=O)CC1CCCCO1. The summed E-state index contributed by atoms with van der Waals surface area (Å²) in [4.78, 5) is 24.2. The molecule has 0 bridgehead atoms. The van der Waals surface area contributed by atoms with Crippen LogP contribution in [0.1, 0.15) is 39.0 Å². The minimum Gasteiger partial charge on any atom is -0.480 e. The number of likely N-dealkylation sites (N-methyl/N-ethyl adjacent to an activating group) is 1. The standard InChI is InChI=1S/C12H21NO4/c1-3-10(12(15)16)13(2)11(14)8-9-6-4-5-7-17-9/h9-10H,3-8H2,1-2H3,(H,15,16). The van der Waals surface area contributed by atoms with Crippen LogP contribution in [0.15, 0.2) is 0 Å². The third kappa shape index (κ3) is 4.00. The van der Waals surface area contributed by atoms with E-state index in [0.29, 0.717) is 19.4 Å². The number of ether oxygens (including phenoxy) is 1. The summed E-state index contributed by atoms with van der Waals surface area (Å²) < 4.78 is 5.48. The number of carboxylic acid groups (broad SMARTS) is 1. The molecule has 98 valence electrons. The van der Waals surface area contributed by atoms with Crippen molar-refractivity contribution in [3.05, 3.63) is 0 Å². The zero-order valence-electron chi connectivity index (χ0n) is 10.5. The molecular formula is C12H21NO4. The fraction of sp³-hybridized carbons (Fsp3) is 0.833. The molecule has 1 N–H and O–H groups in total.